The molecule has 3 heterocycles. The Labute approximate surface area is 149 Å². The minimum atomic E-state index is -0.189. The van der Waals surface area contributed by atoms with Crippen LogP contribution in [0.15, 0.2) is 39.0 Å². The number of fused-ring (bicyclic) bond motifs is 1. The number of thiophene rings is 1. The fraction of sp³-hybridized carbons (Fsp3) is 0.200. The Morgan fingerprint density at radius 2 is 2.25 bits per heavy atom. The van der Waals surface area contributed by atoms with E-state index in [0.717, 1.165) is 4.47 Å². The lowest BCUT2D eigenvalue weighted by atomic mass is 10.4. The Morgan fingerprint density at radius 3 is 3.00 bits per heavy atom. The lowest BCUT2D eigenvalue weighted by molar-refractivity contribution is -0.117. The number of likely N-dealkylation sites (N-methyl/N-ethyl adjacent to an activating group) is 1. The molecular formula is C15H14BrN5O2S. The van der Waals surface area contributed by atoms with Crippen molar-refractivity contribution in [3.63, 3.8) is 0 Å². The maximum absolute atomic E-state index is 12.0. The molecule has 7 nitrogen and oxygen atoms in total. The molecule has 0 unspecified atom stereocenters. The van der Waals surface area contributed by atoms with Crippen LogP contribution in [0.4, 0.5) is 5.82 Å². The first-order valence-corrected chi connectivity index (χ1v) is 8.75. The molecule has 2 N–H and O–H groups in total. The summed E-state index contributed by atoms with van der Waals surface area (Å²) in [6.45, 7) is 0.519. The fourth-order valence-electron chi connectivity index (χ4n) is 2.19. The van der Waals surface area contributed by atoms with Crippen molar-refractivity contribution < 1.29 is 4.79 Å². The van der Waals surface area contributed by atoms with Crippen LogP contribution in [0.3, 0.4) is 0 Å². The fourth-order valence-corrected chi connectivity index (χ4v) is 3.15. The van der Waals surface area contributed by atoms with Crippen LogP contribution in [0.5, 0.6) is 0 Å². The third-order valence-electron chi connectivity index (χ3n) is 3.19. The van der Waals surface area contributed by atoms with Crippen molar-refractivity contribution >= 4 is 49.2 Å². The number of hydrogen-bond acceptors (Lipinski definition) is 6. The number of nitrogens with one attached hydrogen (secondary N) is 2. The predicted octanol–water partition coefficient (Wildman–Crippen LogP) is 2.21. The molecule has 0 bridgehead atoms. The van der Waals surface area contributed by atoms with Gasteiger partial charge in [0.1, 0.15) is 16.3 Å². The predicted molar refractivity (Wildman–Crippen MR) is 97.1 cm³/mol. The van der Waals surface area contributed by atoms with Crippen LogP contribution in [0.25, 0.3) is 10.2 Å². The summed E-state index contributed by atoms with van der Waals surface area (Å²) in [6.07, 6.45) is 1.62. The lowest BCUT2D eigenvalue weighted by Gasteiger charge is -2.15. The third kappa shape index (κ3) is 4.05. The number of rotatable bonds is 5. The number of carbonyl (C=O) groups excluding carboxylic acids is 1. The number of amides is 1. The molecule has 9 heteroatoms. The summed E-state index contributed by atoms with van der Waals surface area (Å²) in [5.74, 6) is 0.831. The van der Waals surface area contributed by atoms with E-state index in [2.05, 4.69) is 36.2 Å². The molecule has 0 spiro atoms. The van der Waals surface area contributed by atoms with E-state index in [4.69, 9.17) is 0 Å². The van der Waals surface area contributed by atoms with E-state index in [1.165, 1.54) is 11.3 Å². The highest BCUT2D eigenvalue weighted by atomic mass is 79.9. The van der Waals surface area contributed by atoms with Crippen LogP contribution in [-0.4, -0.2) is 39.4 Å². The largest absolute Gasteiger partial charge is 0.310 e. The smallest absolute Gasteiger partial charge is 0.268 e. The SMILES string of the molecule is CN(CC(=O)Nc1ccc(Br)cn1)Cc1nc2ccsc2c(=O)[nH]1. The van der Waals surface area contributed by atoms with Gasteiger partial charge in [-0.15, -0.1) is 11.3 Å². The molecule has 3 aromatic rings. The van der Waals surface area contributed by atoms with Gasteiger partial charge in [-0.05, 0) is 46.6 Å². The molecule has 24 heavy (non-hydrogen) atoms. The topological polar surface area (TPSA) is 91.0 Å². The van der Waals surface area contributed by atoms with Crippen LogP contribution in [-0.2, 0) is 11.3 Å². The second-order valence-electron chi connectivity index (χ2n) is 5.23. The number of aromatic nitrogens is 3. The molecule has 1 amide bonds. The molecule has 3 aromatic heterocycles. The van der Waals surface area contributed by atoms with Gasteiger partial charge in [0.05, 0.1) is 18.6 Å². The molecule has 0 aliphatic heterocycles. The first-order valence-electron chi connectivity index (χ1n) is 7.07. The van der Waals surface area contributed by atoms with Gasteiger partial charge in [0.15, 0.2) is 0 Å². The number of halogens is 1. The van der Waals surface area contributed by atoms with Crippen LogP contribution >= 0.6 is 27.3 Å². The average molecular weight is 408 g/mol. The number of anilines is 1. The average Bonchev–Trinajstić information content (AvgIpc) is 2.98. The number of aromatic amines is 1. The van der Waals surface area contributed by atoms with Crippen molar-refractivity contribution in [1.29, 1.82) is 0 Å². The van der Waals surface area contributed by atoms with Gasteiger partial charge < -0.3 is 10.3 Å². The molecule has 0 saturated heterocycles. The zero-order valence-corrected chi connectivity index (χ0v) is 15.1. The molecule has 124 valence electrons. The summed E-state index contributed by atoms with van der Waals surface area (Å²) >= 11 is 4.65. The van der Waals surface area contributed by atoms with Gasteiger partial charge in [-0.25, -0.2) is 9.97 Å². The van der Waals surface area contributed by atoms with E-state index < -0.39 is 0 Å². The minimum absolute atomic E-state index is 0.151. The Morgan fingerprint density at radius 1 is 1.42 bits per heavy atom. The Bertz CT molecular complexity index is 922. The summed E-state index contributed by atoms with van der Waals surface area (Å²) in [5.41, 5.74) is 0.526. The number of nitrogens with zero attached hydrogens (tertiary/aromatic N) is 3. The first-order chi connectivity index (χ1) is 11.5. The maximum atomic E-state index is 12.0. The van der Waals surface area contributed by atoms with E-state index >= 15 is 0 Å². The highest BCUT2D eigenvalue weighted by Crippen LogP contribution is 2.14. The zero-order valence-electron chi connectivity index (χ0n) is 12.7. The van der Waals surface area contributed by atoms with E-state index in [1.807, 2.05) is 11.4 Å². The van der Waals surface area contributed by atoms with Crippen LogP contribution in [0.1, 0.15) is 5.82 Å². The van der Waals surface area contributed by atoms with Gasteiger partial charge in [0, 0.05) is 10.7 Å². The van der Waals surface area contributed by atoms with Gasteiger partial charge in [0.2, 0.25) is 5.91 Å². The van der Waals surface area contributed by atoms with Crippen molar-refractivity contribution in [3.05, 3.63) is 50.4 Å². The molecule has 0 aromatic carbocycles. The standard InChI is InChI=1S/C15H14BrN5O2S/c1-21(8-13(22)19-11-3-2-9(16)6-17-11)7-12-18-10-4-5-24-14(10)15(23)20-12/h2-6H,7-8H2,1H3,(H,17,19,22)(H,18,20,23). The van der Waals surface area contributed by atoms with Gasteiger partial charge in [-0.2, -0.15) is 0 Å². The van der Waals surface area contributed by atoms with Crippen LogP contribution in [0, 0.1) is 0 Å². The first kappa shape index (κ1) is 16.7. The summed E-state index contributed by atoms with van der Waals surface area (Å²) in [4.78, 5) is 37.0. The van der Waals surface area contributed by atoms with Crippen LogP contribution < -0.4 is 10.9 Å². The molecular weight excluding hydrogens is 394 g/mol. The Hall–Kier alpha value is -2.10. The van der Waals surface area contributed by atoms with Crippen molar-refractivity contribution in [2.24, 2.45) is 0 Å². The highest BCUT2D eigenvalue weighted by Gasteiger charge is 2.11. The van der Waals surface area contributed by atoms with Crippen molar-refractivity contribution in [2.75, 3.05) is 18.9 Å². The third-order valence-corrected chi connectivity index (χ3v) is 4.56. The molecule has 0 saturated carbocycles. The van der Waals surface area contributed by atoms with Crippen molar-refractivity contribution in [1.82, 2.24) is 19.9 Å². The molecule has 0 aliphatic carbocycles. The van der Waals surface area contributed by atoms with E-state index in [1.54, 1.807) is 30.3 Å². The number of pyridine rings is 1. The zero-order chi connectivity index (χ0) is 17.1. The van der Waals surface area contributed by atoms with Gasteiger partial charge in [0.25, 0.3) is 5.56 Å². The van der Waals surface area contributed by atoms with E-state index in [9.17, 15) is 9.59 Å². The highest BCUT2D eigenvalue weighted by molar-refractivity contribution is 9.10. The monoisotopic (exact) mass is 407 g/mol. The molecule has 0 fully saturated rings. The quantitative estimate of drug-likeness (QED) is 0.676. The Kier molecular flexibility index (Phi) is 5.03. The molecule has 0 atom stereocenters. The second kappa shape index (κ2) is 7.20. The summed E-state index contributed by atoms with van der Waals surface area (Å²) in [5, 5.41) is 4.55. The summed E-state index contributed by atoms with van der Waals surface area (Å²) in [6, 6.07) is 5.33. The Balaban J connectivity index is 1.61. The minimum Gasteiger partial charge on any atom is -0.310 e. The lowest BCUT2D eigenvalue weighted by Crippen LogP contribution is -2.31. The molecule has 0 aliphatic rings. The summed E-state index contributed by atoms with van der Waals surface area (Å²) in [7, 11) is 1.78. The van der Waals surface area contributed by atoms with E-state index in [-0.39, 0.29) is 18.0 Å². The van der Waals surface area contributed by atoms with Gasteiger partial charge in [-0.3, -0.25) is 14.5 Å². The van der Waals surface area contributed by atoms with Crippen molar-refractivity contribution in [2.45, 2.75) is 6.54 Å². The number of H-pyrrole nitrogens is 1. The maximum Gasteiger partial charge on any atom is 0.268 e. The second-order valence-corrected chi connectivity index (χ2v) is 7.06. The van der Waals surface area contributed by atoms with Crippen LogP contribution in [0.2, 0.25) is 0 Å². The molecule has 3 rings (SSSR count). The van der Waals surface area contributed by atoms with E-state index in [0.29, 0.717) is 28.4 Å². The molecule has 0 radical (unpaired) electrons. The van der Waals surface area contributed by atoms with Gasteiger partial charge >= 0.3 is 0 Å². The summed E-state index contributed by atoms with van der Waals surface area (Å²) < 4.78 is 1.46. The number of carbonyl (C=O) groups is 1. The van der Waals surface area contributed by atoms with Crippen molar-refractivity contribution in [3.8, 4) is 0 Å². The number of hydrogen-bond donors (Lipinski definition) is 2. The normalized spacial score (nSPS) is 11.1. The van der Waals surface area contributed by atoms with Gasteiger partial charge in [-0.1, -0.05) is 0 Å².